The van der Waals surface area contributed by atoms with Crippen molar-refractivity contribution in [1.82, 2.24) is 4.98 Å². The molecule has 2 heterocycles. The Balaban J connectivity index is 1.96. The summed E-state index contributed by atoms with van der Waals surface area (Å²) in [4.78, 5) is 15.9. The molecule has 0 radical (unpaired) electrons. The molecule has 0 aliphatic carbocycles. The minimum Gasteiger partial charge on any atom is -0.493 e. The van der Waals surface area contributed by atoms with E-state index in [2.05, 4.69) is 11.9 Å². The molecular weight excluding hydrogens is 266 g/mol. The van der Waals surface area contributed by atoms with Gasteiger partial charge in [-0.05, 0) is 38.3 Å². The average Bonchev–Trinajstić information content (AvgIpc) is 3.11. The fraction of sp³-hybridized carbons (Fsp3) is 0.471. The molecule has 2 aromatic rings. The summed E-state index contributed by atoms with van der Waals surface area (Å²) in [6.07, 6.45) is 4.30. The van der Waals surface area contributed by atoms with Gasteiger partial charge in [0.1, 0.15) is 11.9 Å². The molecule has 1 aliphatic heterocycles. The highest BCUT2D eigenvalue weighted by molar-refractivity contribution is 6.11. The van der Waals surface area contributed by atoms with Crippen LogP contribution in [0.5, 0.6) is 5.75 Å². The monoisotopic (exact) mass is 287 g/mol. The molecule has 0 spiro atoms. The normalized spacial score (nSPS) is 21.8. The van der Waals surface area contributed by atoms with Crippen molar-refractivity contribution in [1.29, 1.82) is 0 Å². The summed E-state index contributed by atoms with van der Waals surface area (Å²) in [5, 5.41) is 0.874. The first kappa shape index (κ1) is 14.1. The van der Waals surface area contributed by atoms with Gasteiger partial charge in [0, 0.05) is 17.3 Å². The van der Waals surface area contributed by atoms with Crippen molar-refractivity contribution < 1.29 is 14.3 Å². The number of nitrogens with one attached hydrogen (secondary N) is 1. The van der Waals surface area contributed by atoms with Crippen molar-refractivity contribution in [3.63, 3.8) is 0 Å². The molecule has 1 fully saturated rings. The Kier molecular flexibility index (Phi) is 3.97. The Bertz CT molecular complexity index is 647. The van der Waals surface area contributed by atoms with Crippen LogP contribution in [-0.2, 0) is 4.74 Å². The Morgan fingerprint density at radius 1 is 1.43 bits per heavy atom. The highest BCUT2D eigenvalue weighted by Gasteiger charge is 2.30. The van der Waals surface area contributed by atoms with Crippen molar-refractivity contribution >= 4 is 16.7 Å². The first-order chi connectivity index (χ1) is 10.2. The summed E-state index contributed by atoms with van der Waals surface area (Å²) >= 11 is 0. The molecule has 112 valence electrons. The smallest absolute Gasteiger partial charge is 0.193 e. The van der Waals surface area contributed by atoms with Gasteiger partial charge in [-0.15, -0.1) is 0 Å². The minimum absolute atomic E-state index is 0.0538. The lowest BCUT2D eigenvalue weighted by Gasteiger charge is -2.11. The summed E-state index contributed by atoms with van der Waals surface area (Å²) in [6.45, 7) is 4.73. The molecule has 1 N–H and O–H groups in total. The van der Waals surface area contributed by atoms with Crippen LogP contribution in [0, 0.1) is 0 Å². The van der Waals surface area contributed by atoms with E-state index in [1.165, 1.54) is 0 Å². The first-order valence-corrected chi connectivity index (χ1v) is 7.63. The zero-order chi connectivity index (χ0) is 14.8. The van der Waals surface area contributed by atoms with E-state index >= 15 is 0 Å². The number of Topliss-reactive ketones (excluding diaryl/α,β-unsaturated/α-hetero) is 1. The topological polar surface area (TPSA) is 51.3 Å². The molecule has 1 aliphatic rings. The fourth-order valence-corrected chi connectivity index (χ4v) is 2.85. The number of rotatable bonds is 5. The van der Waals surface area contributed by atoms with Crippen LogP contribution in [0.2, 0.25) is 0 Å². The quantitative estimate of drug-likeness (QED) is 0.853. The summed E-state index contributed by atoms with van der Waals surface area (Å²) in [7, 11) is 0. The maximum Gasteiger partial charge on any atom is 0.193 e. The lowest BCUT2D eigenvalue weighted by atomic mass is 10.0. The molecule has 2 unspecified atom stereocenters. The number of hydrogen-bond acceptors (Lipinski definition) is 3. The average molecular weight is 287 g/mol. The van der Waals surface area contributed by atoms with Gasteiger partial charge >= 0.3 is 0 Å². The summed E-state index contributed by atoms with van der Waals surface area (Å²) in [5.41, 5.74) is 1.61. The van der Waals surface area contributed by atoms with Crippen LogP contribution in [0.4, 0.5) is 0 Å². The Morgan fingerprint density at radius 3 is 3.00 bits per heavy atom. The van der Waals surface area contributed by atoms with Crippen LogP contribution in [-0.4, -0.2) is 29.6 Å². The SMILES string of the molecule is CCCOc1cccc2[nH]cc(C(=O)C3CCC(C)O3)c12. The largest absolute Gasteiger partial charge is 0.493 e. The Labute approximate surface area is 124 Å². The molecule has 4 heteroatoms. The molecule has 0 amide bonds. The zero-order valence-electron chi connectivity index (χ0n) is 12.5. The first-order valence-electron chi connectivity index (χ1n) is 7.63. The number of carbonyl (C=O) groups is 1. The number of ketones is 1. The maximum absolute atomic E-state index is 12.7. The van der Waals surface area contributed by atoms with E-state index in [0.29, 0.717) is 12.2 Å². The number of aromatic nitrogens is 1. The molecular formula is C17H21NO3. The van der Waals surface area contributed by atoms with Crippen molar-refractivity contribution in [2.24, 2.45) is 0 Å². The van der Waals surface area contributed by atoms with Crippen LogP contribution in [0.3, 0.4) is 0 Å². The molecule has 3 rings (SSSR count). The third-order valence-electron chi connectivity index (χ3n) is 3.92. The van der Waals surface area contributed by atoms with E-state index in [9.17, 15) is 4.79 Å². The number of carbonyl (C=O) groups excluding carboxylic acids is 1. The highest BCUT2D eigenvalue weighted by Crippen LogP contribution is 2.32. The van der Waals surface area contributed by atoms with E-state index in [1.54, 1.807) is 6.20 Å². The van der Waals surface area contributed by atoms with Crippen molar-refractivity contribution in [3.05, 3.63) is 30.0 Å². The maximum atomic E-state index is 12.7. The molecule has 1 saturated heterocycles. The molecule has 1 aromatic heterocycles. The summed E-state index contributed by atoms with van der Waals surface area (Å²) in [5.74, 6) is 0.822. The third kappa shape index (κ3) is 2.68. The van der Waals surface area contributed by atoms with Crippen LogP contribution in [0.15, 0.2) is 24.4 Å². The van der Waals surface area contributed by atoms with Crippen LogP contribution in [0.1, 0.15) is 43.5 Å². The van der Waals surface area contributed by atoms with E-state index < -0.39 is 0 Å². The highest BCUT2D eigenvalue weighted by atomic mass is 16.5. The molecule has 21 heavy (non-hydrogen) atoms. The number of H-pyrrole nitrogens is 1. The van der Waals surface area contributed by atoms with Crippen molar-refractivity contribution in [2.45, 2.75) is 45.3 Å². The van der Waals surface area contributed by atoms with Crippen LogP contribution in [0.25, 0.3) is 10.9 Å². The van der Waals surface area contributed by atoms with Crippen LogP contribution < -0.4 is 4.74 Å². The van der Waals surface area contributed by atoms with Gasteiger partial charge < -0.3 is 14.5 Å². The standard InChI is InChI=1S/C17H21NO3/c1-3-9-20-14-6-4-5-13-16(14)12(10-18-13)17(19)15-8-7-11(2)21-15/h4-6,10-11,15,18H,3,7-9H2,1-2H3. The van der Waals surface area contributed by atoms with Crippen LogP contribution >= 0.6 is 0 Å². The predicted octanol–water partition coefficient (Wildman–Crippen LogP) is 3.71. The van der Waals surface area contributed by atoms with Gasteiger partial charge in [0.05, 0.1) is 18.1 Å². The molecule has 4 nitrogen and oxygen atoms in total. The minimum atomic E-state index is -0.321. The second kappa shape index (κ2) is 5.90. The zero-order valence-corrected chi connectivity index (χ0v) is 12.5. The van der Waals surface area contributed by atoms with Gasteiger partial charge in [0.2, 0.25) is 0 Å². The fourth-order valence-electron chi connectivity index (χ4n) is 2.85. The van der Waals surface area contributed by atoms with Gasteiger partial charge in [-0.2, -0.15) is 0 Å². The molecule has 2 atom stereocenters. The van der Waals surface area contributed by atoms with E-state index in [4.69, 9.17) is 9.47 Å². The second-order valence-corrected chi connectivity index (χ2v) is 5.61. The van der Waals surface area contributed by atoms with Crippen molar-refractivity contribution in [2.75, 3.05) is 6.61 Å². The number of aromatic amines is 1. The third-order valence-corrected chi connectivity index (χ3v) is 3.92. The number of benzene rings is 1. The number of ether oxygens (including phenoxy) is 2. The molecule has 1 aromatic carbocycles. The Hall–Kier alpha value is -1.81. The van der Waals surface area contributed by atoms with Gasteiger partial charge in [0.15, 0.2) is 5.78 Å². The van der Waals surface area contributed by atoms with E-state index in [1.807, 2.05) is 25.1 Å². The number of fused-ring (bicyclic) bond motifs is 1. The lowest BCUT2D eigenvalue weighted by molar-refractivity contribution is 0.0434. The second-order valence-electron chi connectivity index (χ2n) is 5.61. The van der Waals surface area contributed by atoms with E-state index in [0.717, 1.165) is 35.9 Å². The molecule has 0 saturated carbocycles. The Morgan fingerprint density at radius 2 is 2.29 bits per heavy atom. The van der Waals surface area contributed by atoms with Gasteiger partial charge in [-0.25, -0.2) is 0 Å². The number of hydrogen-bond donors (Lipinski definition) is 1. The summed E-state index contributed by atoms with van der Waals surface area (Å²) < 4.78 is 11.5. The van der Waals surface area contributed by atoms with Gasteiger partial charge in [-0.3, -0.25) is 4.79 Å². The predicted molar refractivity (Wildman–Crippen MR) is 82.0 cm³/mol. The lowest BCUT2D eigenvalue weighted by Crippen LogP contribution is -2.20. The van der Waals surface area contributed by atoms with Gasteiger partial charge in [0.25, 0.3) is 0 Å². The van der Waals surface area contributed by atoms with E-state index in [-0.39, 0.29) is 18.0 Å². The molecule has 0 bridgehead atoms. The van der Waals surface area contributed by atoms with Crippen molar-refractivity contribution in [3.8, 4) is 5.75 Å². The summed E-state index contributed by atoms with van der Waals surface area (Å²) in [6, 6.07) is 5.82. The van der Waals surface area contributed by atoms with Gasteiger partial charge in [-0.1, -0.05) is 13.0 Å².